The molecule has 0 spiro atoms. The minimum atomic E-state index is -0.541. The number of imide groups is 1. The molecule has 0 unspecified atom stereocenters. The van der Waals surface area contributed by atoms with Crippen LogP contribution < -0.4 is 15.0 Å². The lowest BCUT2D eigenvalue weighted by Crippen LogP contribution is -2.32. The number of benzene rings is 3. The molecule has 3 aromatic rings. The number of anilines is 2. The van der Waals surface area contributed by atoms with E-state index in [-0.39, 0.29) is 17.0 Å². The Bertz CT molecular complexity index is 1170. The third-order valence-corrected chi connectivity index (χ3v) is 5.16. The lowest BCUT2D eigenvalue weighted by molar-refractivity contribution is -0.120. The molecule has 0 aromatic heterocycles. The summed E-state index contributed by atoms with van der Waals surface area (Å²) in [5.41, 5.74) is 2.94. The highest BCUT2D eigenvalue weighted by Crippen LogP contribution is 2.34. The predicted octanol–water partition coefficient (Wildman–Crippen LogP) is 4.79. The van der Waals surface area contributed by atoms with Crippen molar-refractivity contribution >= 4 is 28.8 Å². The standard InChI is InChI=1S/C25H21FN2O3/c1-3-16-7-11-19(12-8-16)27-23-22(17-9-13-21(31-2)14-10-17)24(29)28(25(23)30)20-6-4-5-18(26)15-20/h4-15,27H,3H2,1-2H3. The Balaban J connectivity index is 1.79. The first kappa shape index (κ1) is 20.3. The summed E-state index contributed by atoms with van der Waals surface area (Å²) >= 11 is 0. The number of carbonyl (C=O) groups is 2. The molecule has 1 aliphatic heterocycles. The fourth-order valence-corrected chi connectivity index (χ4v) is 3.49. The summed E-state index contributed by atoms with van der Waals surface area (Å²) in [5, 5.41) is 3.11. The van der Waals surface area contributed by atoms with Crippen LogP contribution in [0, 0.1) is 5.82 Å². The van der Waals surface area contributed by atoms with Crippen LogP contribution in [-0.4, -0.2) is 18.9 Å². The molecule has 156 valence electrons. The van der Waals surface area contributed by atoms with Gasteiger partial charge < -0.3 is 10.1 Å². The van der Waals surface area contributed by atoms with Gasteiger partial charge in [0.15, 0.2) is 0 Å². The van der Waals surface area contributed by atoms with Crippen LogP contribution in [0.1, 0.15) is 18.1 Å². The Kier molecular flexibility index (Phi) is 5.54. The molecule has 6 heteroatoms. The normalized spacial score (nSPS) is 13.7. The van der Waals surface area contributed by atoms with E-state index in [9.17, 15) is 14.0 Å². The van der Waals surface area contributed by atoms with Crippen LogP contribution in [0.5, 0.6) is 5.75 Å². The number of nitrogens with one attached hydrogen (secondary N) is 1. The zero-order valence-corrected chi connectivity index (χ0v) is 17.2. The number of amides is 2. The number of rotatable bonds is 6. The van der Waals surface area contributed by atoms with Crippen molar-refractivity contribution in [3.8, 4) is 5.75 Å². The average molecular weight is 416 g/mol. The van der Waals surface area contributed by atoms with Crippen LogP contribution in [0.3, 0.4) is 0 Å². The van der Waals surface area contributed by atoms with E-state index in [1.54, 1.807) is 31.4 Å². The second kappa shape index (κ2) is 8.44. The third kappa shape index (κ3) is 3.92. The van der Waals surface area contributed by atoms with Crippen LogP contribution in [0.15, 0.2) is 78.5 Å². The minimum Gasteiger partial charge on any atom is -0.497 e. The number of aryl methyl sites for hydroxylation is 1. The molecule has 0 atom stereocenters. The molecule has 0 bridgehead atoms. The first-order chi connectivity index (χ1) is 15.0. The van der Waals surface area contributed by atoms with E-state index in [1.807, 2.05) is 24.3 Å². The molecule has 4 rings (SSSR count). The fraction of sp³-hybridized carbons (Fsp3) is 0.120. The van der Waals surface area contributed by atoms with Gasteiger partial charge in [0, 0.05) is 5.69 Å². The van der Waals surface area contributed by atoms with E-state index in [2.05, 4.69) is 12.2 Å². The van der Waals surface area contributed by atoms with Crippen LogP contribution in [-0.2, 0) is 16.0 Å². The maximum Gasteiger partial charge on any atom is 0.282 e. The molecule has 0 fully saturated rings. The van der Waals surface area contributed by atoms with Gasteiger partial charge in [-0.1, -0.05) is 37.3 Å². The number of halogens is 1. The molecule has 3 aromatic carbocycles. The average Bonchev–Trinajstić information content (AvgIpc) is 3.03. The van der Waals surface area contributed by atoms with Gasteiger partial charge in [0.25, 0.3) is 11.8 Å². The first-order valence-corrected chi connectivity index (χ1v) is 9.91. The van der Waals surface area contributed by atoms with Crippen molar-refractivity contribution in [3.05, 3.63) is 95.4 Å². The first-order valence-electron chi connectivity index (χ1n) is 9.91. The lowest BCUT2D eigenvalue weighted by atomic mass is 10.0. The predicted molar refractivity (Wildman–Crippen MR) is 118 cm³/mol. The summed E-state index contributed by atoms with van der Waals surface area (Å²) in [6, 6.07) is 19.9. The number of hydrogen-bond donors (Lipinski definition) is 1. The van der Waals surface area contributed by atoms with Crippen LogP contribution in [0.4, 0.5) is 15.8 Å². The lowest BCUT2D eigenvalue weighted by Gasteiger charge is -2.15. The molecule has 1 N–H and O–H groups in total. The van der Waals surface area contributed by atoms with E-state index < -0.39 is 17.6 Å². The van der Waals surface area contributed by atoms with E-state index >= 15 is 0 Å². The minimum absolute atomic E-state index is 0.142. The highest BCUT2D eigenvalue weighted by atomic mass is 19.1. The van der Waals surface area contributed by atoms with Crippen molar-refractivity contribution in [2.24, 2.45) is 0 Å². The van der Waals surface area contributed by atoms with Crippen molar-refractivity contribution in [2.45, 2.75) is 13.3 Å². The molecule has 1 heterocycles. The van der Waals surface area contributed by atoms with Gasteiger partial charge in [0.2, 0.25) is 0 Å². The fourth-order valence-electron chi connectivity index (χ4n) is 3.49. The summed E-state index contributed by atoms with van der Waals surface area (Å²) in [6.45, 7) is 2.06. The SMILES string of the molecule is CCc1ccc(NC2=C(c3ccc(OC)cc3)C(=O)N(c3cccc(F)c3)C2=O)cc1. The molecule has 0 saturated carbocycles. The Morgan fingerprint density at radius 1 is 0.935 bits per heavy atom. The maximum atomic E-state index is 13.8. The second-order valence-electron chi connectivity index (χ2n) is 7.08. The van der Waals surface area contributed by atoms with Crippen molar-refractivity contribution < 1.29 is 18.7 Å². The van der Waals surface area contributed by atoms with Crippen LogP contribution >= 0.6 is 0 Å². The van der Waals surface area contributed by atoms with Gasteiger partial charge in [0.05, 0.1) is 18.4 Å². The van der Waals surface area contributed by atoms with Crippen LogP contribution in [0.25, 0.3) is 5.57 Å². The highest BCUT2D eigenvalue weighted by molar-refractivity contribution is 6.46. The van der Waals surface area contributed by atoms with E-state index in [0.29, 0.717) is 17.0 Å². The molecule has 1 aliphatic rings. The number of hydrogen-bond acceptors (Lipinski definition) is 4. The van der Waals surface area contributed by atoms with E-state index in [1.165, 1.54) is 24.3 Å². The van der Waals surface area contributed by atoms with Gasteiger partial charge >= 0.3 is 0 Å². The molecule has 0 radical (unpaired) electrons. The maximum absolute atomic E-state index is 13.8. The highest BCUT2D eigenvalue weighted by Gasteiger charge is 2.40. The van der Waals surface area contributed by atoms with Gasteiger partial charge in [-0.3, -0.25) is 9.59 Å². The largest absolute Gasteiger partial charge is 0.497 e. The van der Waals surface area contributed by atoms with Crippen LogP contribution in [0.2, 0.25) is 0 Å². The van der Waals surface area contributed by atoms with Gasteiger partial charge in [-0.05, 0) is 60.0 Å². The summed E-state index contributed by atoms with van der Waals surface area (Å²) in [4.78, 5) is 27.6. The van der Waals surface area contributed by atoms with Gasteiger partial charge in [-0.15, -0.1) is 0 Å². The molecular weight excluding hydrogens is 395 g/mol. The van der Waals surface area contributed by atoms with Crippen molar-refractivity contribution in [1.29, 1.82) is 0 Å². The molecular formula is C25H21FN2O3. The molecule has 5 nitrogen and oxygen atoms in total. The van der Waals surface area contributed by atoms with E-state index in [4.69, 9.17) is 4.74 Å². The Labute approximate surface area is 179 Å². The van der Waals surface area contributed by atoms with Crippen molar-refractivity contribution in [2.75, 3.05) is 17.3 Å². The molecule has 0 aliphatic carbocycles. The van der Waals surface area contributed by atoms with E-state index in [0.717, 1.165) is 16.9 Å². The Morgan fingerprint density at radius 3 is 2.26 bits per heavy atom. The quantitative estimate of drug-likeness (QED) is 0.587. The smallest absolute Gasteiger partial charge is 0.282 e. The molecule has 2 amide bonds. The Morgan fingerprint density at radius 2 is 1.65 bits per heavy atom. The van der Waals surface area contributed by atoms with Gasteiger partial charge in [-0.25, -0.2) is 9.29 Å². The topological polar surface area (TPSA) is 58.6 Å². The summed E-state index contributed by atoms with van der Waals surface area (Å²) in [5.74, 6) is -0.956. The zero-order chi connectivity index (χ0) is 22.0. The second-order valence-corrected chi connectivity index (χ2v) is 7.08. The van der Waals surface area contributed by atoms with Crippen molar-refractivity contribution in [1.82, 2.24) is 0 Å². The van der Waals surface area contributed by atoms with Crippen molar-refractivity contribution in [3.63, 3.8) is 0 Å². The van der Waals surface area contributed by atoms with Gasteiger partial charge in [-0.2, -0.15) is 0 Å². The zero-order valence-electron chi connectivity index (χ0n) is 17.2. The molecule has 0 saturated heterocycles. The Hall–Kier alpha value is -3.93. The molecule has 31 heavy (non-hydrogen) atoms. The summed E-state index contributed by atoms with van der Waals surface area (Å²) < 4.78 is 19.0. The number of nitrogens with zero attached hydrogens (tertiary/aromatic N) is 1. The number of methoxy groups -OCH3 is 1. The monoisotopic (exact) mass is 416 g/mol. The van der Waals surface area contributed by atoms with Gasteiger partial charge in [0.1, 0.15) is 17.3 Å². The number of carbonyl (C=O) groups excluding carboxylic acids is 2. The third-order valence-electron chi connectivity index (χ3n) is 5.16. The number of ether oxygens (including phenoxy) is 1. The summed E-state index contributed by atoms with van der Waals surface area (Å²) in [7, 11) is 1.55. The summed E-state index contributed by atoms with van der Waals surface area (Å²) in [6.07, 6.45) is 0.894.